The summed E-state index contributed by atoms with van der Waals surface area (Å²) in [5.74, 6) is -0.449. The summed E-state index contributed by atoms with van der Waals surface area (Å²) >= 11 is 0. The molecule has 1 unspecified atom stereocenters. The van der Waals surface area contributed by atoms with E-state index in [9.17, 15) is 9.59 Å². The molecule has 0 aliphatic rings. The number of rotatable bonds is 7. The van der Waals surface area contributed by atoms with Gasteiger partial charge >= 0.3 is 5.97 Å². The van der Waals surface area contributed by atoms with Gasteiger partial charge < -0.3 is 14.9 Å². The minimum absolute atomic E-state index is 0.134. The first kappa shape index (κ1) is 14.1. The van der Waals surface area contributed by atoms with Gasteiger partial charge in [-0.2, -0.15) is 4.98 Å². The lowest BCUT2D eigenvalue weighted by Crippen LogP contribution is -2.40. The largest absolute Gasteiger partial charge is 0.480 e. The molecular formula is C11H17N3O4. The van der Waals surface area contributed by atoms with E-state index in [1.807, 2.05) is 6.92 Å². The van der Waals surface area contributed by atoms with Crippen LogP contribution in [-0.4, -0.2) is 33.2 Å². The van der Waals surface area contributed by atoms with E-state index in [0.717, 1.165) is 0 Å². The molecule has 1 amide bonds. The van der Waals surface area contributed by atoms with Gasteiger partial charge in [0.25, 0.3) is 0 Å². The molecule has 7 heteroatoms. The molecule has 0 aliphatic carbocycles. The van der Waals surface area contributed by atoms with Crippen LogP contribution in [0.2, 0.25) is 0 Å². The van der Waals surface area contributed by atoms with Crippen LogP contribution >= 0.6 is 0 Å². The van der Waals surface area contributed by atoms with Gasteiger partial charge in [0.15, 0.2) is 5.82 Å². The van der Waals surface area contributed by atoms with Crippen molar-refractivity contribution in [3.63, 3.8) is 0 Å². The Morgan fingerprint density at radius 1 is 1.50 bits per heavy atom. The van der Waals surface area contributed by atoms with Crippen LogP contribution in [0.5, 0.6) is 0 Å². The average Bonchev–Trinajstić information content (AvgIpc) is 2.72. The first-order valence-corrected chi connectivity index (χ1v) is 5.84. The lowest BCUT2D eigenvalue weighted by Gasteiger charge is -2.12. The maximum absolute atomic E-state index is 11.5. The van der Waals surface area contributed by atoms with E-state index < -0.39 is 12.0 Å². The summed E-state index contributed by atoms with van der Waals surface area (Å²) in [6.07, 6.45) is 1.56. The van der Waals surface area contributed by atoms with Gasteiger partial charge in [-0.15, -0.1) is 0 Å². The Labute approximate surface area is 105 Å². The smallest absolute Gasteiger partial charge is 0.326 e. The number of aromatic nitrogens is 2. The first-order chi connectivity index (χ1) is 8.52. The molecule has 1 aromatic rings. The lowest BCUT2D eigenvalue weighted by molar-refractivity contribution is -0.142. The Kier molecular flexibility index (Phi) is 5.29. The van der Waals surface area contributed by atoms with Crippen molar-refractivity contribution in [2.45, 2.75) is 45.6 Å². The summed E-state index contributed by atoms with van der Waals surface area (Å²) in [6, 6.07) is -0.827. The van der Waals surface area contributed by atoms with E-state index >= 15 is 0 Å². The molecule has 0 fully saturated rings. The van der Waals surface area contributed by atoms with Gasteiger partial charge in [-0.1, -0.05) is 18.5 Å². The SMILES string of the molecule is CCCC(NC(=O)CCc1nc(C)no1)C(=O)O. The fourth-order valence-electron chi connectivity index (χ4n) is 1.47. The maximum Gasteiger partial charge on any atom is 0.326 e. The molecule has 1 heterocycles. The molecule has 0 aliphatic heterocycles. The Bertz CT molecular complexity index is 416. The van der Waals surface area contributed by atoms with Crippen LogP contribution in [0.25, 0.3) is 0 Å². The molecule has 100 valence electrons. The Hall–Kier alpha value is -1.92. The van der Waals surface area contributed by atoms with Crippen molar-refractivity contribution >= 4 is 11.9 Å². The second-order valence-corrected chi connectivity index (χ2v) is 3.98. The highest BCUT2D eigenvalue weighted by Crippen LogP contribution is 2.02. The fraction of sp³-hybridized carbons (Fsp3) is 0.636. The van der Waals surface area contributed by atoms with Gasteiger partial charge in [0.1, 0.15) is 6.04 Å². The van der Waals surface area contributed by atoms with Crippen LogP contribution in [0, 0.1) is 6.92 Å². The van der Waals surface area contributed by atoms with Crippen molar-refractivity contribution in [1.82, 2.24) is 15.5 Å². The topological polar surface area (TPSA) is 105 Å². The molecule has 2 N–H and O–H groups in total. The van der Waals surface area contributed by atoms with Crippen molar-refractivity contribution in [1.29, 1.82) is 0 Å². The standard InChI is InChI=1S/C11H17N3O4/c1-3-4-8(11(16)17)13-9(15)5-6-10-12-7(2)14-18-10/h8H,3-6H2,1-2H3,(H,13,15)(H,16,17). The molecule has 0 spiro atoms. The molecule has 0 saturated carbocycles. The highest BCUT2D eigenvalue weighted by molar-refractivity contribution is 5.83. The van der Waals surface area contributed by atoms with E-state index in [1.54, 1.807) is 6.92 Å². The molecule has 1 rings (SSSR count). The van der Waals surface area contributed by atoms with Crippen molar-refractivity contribution in [2.75, 3.05) is 0 Å². The van der Waals surface area contributed by atoms with E-state index in [2.05, 4.69) is 15.5 Å². The van der Waals surface area contributed by atoms with Gasteiger partial charge in [0, 0.05) is 12.8 Å². The molecule has 1 atom stereocenters. The van der Waals surface area contributed by atoms with Crippen molar-refractivity contribution in [2.24, 2.45) is 0 Å². The van der Waals surface area contributed by atoms with E-state index in [1.165, 1.54) is 0 Å². The Morgan fingerprint density at radius 3 is 2.72 bits per heavy atom. The number of carbonyl (C=O) groups is 2. The summed E-state index contributed by atoms with van der Waals surface area (Å²) in [6.45, 7) is 3.55. The van der Waals surface area contributed by atoms with Crippen LogP contribution < -0.4 is 5.32 Å². The number of aliphatic carboxylic acids is 1. The second-order valence-electron chi connectivity index (χ2n) is 3.98. The number of carboxylic acid groups (broad SMARTS) is 1. The molecule has 0 aromatic carbocycles. The zero-order valence-corrected chi connectivity index (χ0v) is 10.5. The van der Waals surface area contributed by atoms with Crippen molar-refractivity contribution in [3.05, 3.63) is 11.7 Å². The number of hydrogen-bond acceptors (Lipinski definition) is 5. The minimum atomic E-state index is -1.01. The van der Waals surface area contributed by atoms with Crippen LogP contribution in [0.1, 0.15) is 37.9 Å². The summed E-state index contributed by atoms with van der Waals surface area (Å²) in [4.78, 5) is 26.4. The average molecular weight is 255 g/mol. The van der Waals surface area contributed by atoms with Crippen molar-refractivity contribution in [3.8, 4) is 0 Å². The third-order valence-electron chi connectivity index (χ3n) is 2.35. The maximum atomic E-state index is 11.5. The van der Waals surface area contributed by atoms with Crippen LogP contribution in [0.4, 0.5) is 0 Å². The van der Waals surface area contributed by atoms with Gasteiger partial charge in [-0.25, -0.2) is 4.79 Å². The summed E-state index contributed by atoms with van der Waals surface area (Å²) in [5, 5.41) is 15.0. The predicted octanol–water partition coefficient (Wildman–Crippen LogP) is 0.680. The number of carbonyl (C=O) groups excluding carboxylic acids is 1. The fourth-order valence-corrected chi connectivity index (χ4v) is 1.47. The number of hydrogen-bond donors (Lipinski definition) is 2. The van der Waals surface area contributed by atoms with Gasteiger partial charge in [0.2, 0.25) is 11.8 Å². The van der Waals surface area contributed by atoms with Crippen LogP contribution in [0.3, 0.4) is 0 Å². The highest BCUT2D eigenvalue weighted by Gasteiger charge is 2.18. The van der Waals surface area contributed by atoms with Gasteiger partial charge in [-0.05, 0) is 13.3 Å². The monoisotopic (exact) mass is 255 g/mol. The van der Waals surface area contributed by atoms with Crippen LogP contribution in [-0.2, 0) is 16.0 Å². The van der Waals surface area contributed by atoms with E-state index in [-0.39, 0.29) is 12.3 Å². The second kappa shape index (κ2) is 6.73. The van der Waals surface area contributed by atoms with Gasteiger partial charge in [-0.3, -0.25) is 4.79 Å². The van der Waals surface area contributed by atoms with E-state index in [0.29, 0.717) is 31.0 Å². The summed E-state index contributed by atoms with van der Waals surface area (Å²) < 4.78 is 4.86. The molecule has 18 heavy (non-hydrogen) atoms. The zero-order chi connectivity index (χ0) is 13.5. The molecule has 0 saturated heterocycles. The first-order valence-electron chi connectivity index (χ1n) is 5.84. The Morgan fingerprint density at radius 2 is 2.22 bits per heavy atom. The molecule has 0 radical (unpaired) electrons. The lowest BCUT2D eigenvalue weighted by atomic mass is 10.1. The van der Waals surface area contributed by atoms with Gasteiger partial charge in [0.05, 0.1) is 0 Å². The molecule has 0 bridgehead atoms. The molecular weight excluding hydrogens is 238 g/mol. The van der Waals surface area contributed by atoms with Crippen molar-refractivity contribution < 1.29 is 19.2 Å². The normalized spacial score (nSPS) is 12.1. The van der Waals surface area contributed by atoms with Crippen LogP contribution in [0.15, 0.2) is 4.52 Å². The number of nitrogens with one attached hydrogen (secondary N) is 1. The summed E-state index contributed by atoms with van der Waals surface area (Å²) in [5.41, 5.74) is 0. The molecule has 1 aromatic heterocycles. The minimum Gasteiger partial charge on any atom is -0.480 e. The summed E-state index contributed by atoms with van der Waals surface area (Å²) in [7, 11) is 0. The third-order valence-corrected chi connectivity index (χ3v) is 2.35. The number of carboxylic acids is 1. The number of nitrogens with zero attached hydrogens (tertiary/aromatic N) is 2. The molecule has 7 nitrogen and oxygen atoms in total. The number of amides is 1. The highest BCUT2D eigenvalue weighted by atomic mass is 16.5. The zero-order valence-electron chi connectivity index (χ0n) is 10.5. The Balaban J connectivity index is 2.38. The van der Waals surface area contributed by atoms with E-state index in [4.69, 9.17) is 9.63 Å². The third kappa shape index (κ3) is 4.52. The predicted molar refractivity (Wildman–Crippen MR) is 61.8 cm³/mol. The quantitative estimate of drug-likeness (QED) is 0.742. The number of aryl methyl sites for hydroxylation is 2.